The van der Waals surface area contributed by atoms with Crippen LogP contribution in [-0.4, -0.2) is 12.1 Å². The van der Waals surface area contributed by atoms with Crippen LogP contribution in [0.1, 0.15) is 33.1 Å². The van der Waals surface area contributed by atoms with Gasteiger partial charge in [0.15, 0.2) is 0 Å². The third kappa shape index (κ3) is 2.78. The van der Waals surface area contributed by atoms with Gasteiger partial charge in [0.2, 0.25) is 0 Å². The van der Waals surface area contributed by atoms with E-state index >= 15 is 0 Å². The number of anilines is 1. The zero-order valence-electron chi connectivity index (χ0n) is 10.6. The maximum Gasteiger partial charge on any atom is 0.123 e. The molecule has 1 aliphatic carbocycles. The van der Waals surface area contributed by atoms with Gasteiger partial charge in [0, 0.05) is 12.2 Å². The molecule has 0 aliphatic heterocycles. The fourth-order valence-corrected chi connectivity index (χ4v) is 2.84. The van der Waals surface area contributed by atoms with Gasteiger partial charge >= 0.3 is 0 Å². The van der Waals surface area contributed by atoms with Gasteiger partial charge in [0.25, 0.3) is 0 Å². The van der Waals surface area contributed by atoms with Crippen LogP contribution in [0.5, 0.6) is 0 Å². The van der Waals surface area contributed by atoms with Gasteiger partial charge in [-0.15, -0.1) is 0 Å². The van der Waals surface area contributed by atoms with Crippen LogP contribution in [0.25, 0.3) is 0 Å². The Morgan fingerprint density at radius 2 is 1.88 bits per heavy atom. The molecular weight excluding hydrogens is 215 g/mol. The molecule has 0 heterocycles. The molecule has 0 saturated heterocycles. The van der Waals surface area contributed by atoms with Gasteiger partial charge in [-0.1, -0.05) is 13.8 Å². The van der Waals surface area contributed by atoms with Crippen molar-refractivity contribution in [1.82, 2.24) is 0 Å². The molecule has 0 bridgehead atoms. The van der Waals surface area contributed by atoms with Crippen LogP contribution in [0.2, 0.25) is 0 Å². The minimum absolute atomic E-state index is 0.0265. The summed E-state index contributed by atoms with van der Waals surface area (Å²) in [6.45, 7) is 5.17. The van der Waals surface area contributed by atoms with E-state index in [9.17, 15) is 4.39 Å². The topological polar surface area (TPSA) is 38.0 Å². The van der Waals surface area contributed by atoms with Gasteiger partial charge in [-0.2, -0.15) is 0 Å². The summed E-state index contributed by atoms with van der Waals surface area (Å²) in [5.74, 6) is -0.205. The Balaban J connectivity index is 2.13. The maximum absolute atomic E-state index is 12.8. The smallest absolute Gasteiger partial charge is 0.123 e. The summed E-state index contributed by atoms with van der Waals surface area (Å²) in [5.41, 5.74) is 7.20. The van der Waals surface area contributed by atoms with Gasteiger partial charge in [-0.25, -0.2) is 4.39 Å². The number of hydrogen-bond donors (Lipinski definition) is 2. The molecule has 17 heavy (non-hydrogen) atoms. The average Bonchev–Trinajstić information content (AvgIpc) is 2.59. The van der Waals surface area contributed by atoms with E-state index in [1.54, 1.807) is 12.1 Å². The average molecular weight is 236 g/mol. The Bertz CT molecular complexity index is 386. The van der Waals surface area contributed by atoms with Crippen molar-refractivity contribution in [2.24, 2.45) is 11.1 Å². The van der Waals surface area contributed by atoms with Crippen LogP contribution in [0.15, 0.2) is 24.3 Å². The van der Waals surface area contributed by atoms with E-state index < -0.39 is 0 Å². The normalized spacial score (nSPS) is 27.1. The van der Waals surface area contributed by atoms with Crippen molar-refractivity contribution in [2.45, 2.75) is 38.6 Å². The second kappa shape index (κ2) is 4.30. The standard InChI is InChI=1S/C14H21FN2/c1-13(2)7-8-14(9-13,10-16)17-12-5-3-11(15)4-6-12/h3-6,17H,7-10,16H2,1-2H3. The number of halogens is 1. The highest BCUT2D eigenvalue weighted by Crippen LogP contribution is 2.44. The van der Waals surface area contributed by atoms with E-state index in [2.05, 4.69) is 19.2 Å². The molecule has 94 valence electrons. The van der Waals surface area contributed by atoms with E-state index in [0.29, 0.717) is 12.0 Å². The third-order valence-corrected chi connectivity index (χ3v) is 3.74. The lowest BCUT2D eigenvalue weighted by Crippen LogP contribution is -2.43. The summed E-state index contributed by atoms with van der Waals surface area (Å²) in [4.78, 5) is 0. The van der Waals surface area contributed by atoms with Gasteiger partial charge in [0.05, 0.1) is 5.54 Å². The van der Waals surface area contributed by atoms with Crippen molar-refractivity contribution in [1.29, 1.82) is 0 Å². The van der Waals surface area contributed by atoms with Crippen molar-refractivity contribution in [2.75, 3.05) is 11.9 Å². The molecule has 1 aliphatic rings. The molecule has 3 heteroatoms. The highest BCUT2D eigenvalue weighted by atomic mass is 19.1. The van der Waals surface area contributed by atoms with E-state index in [1.807, 2.05) is 0 Å². The van der Waals surface area contributed by atoms with Crippen molar-refractivity contribution in [3.8, 4) is 0 Å². The molecule has 1 aromatic carbocycles. The fraction of sp³-hybridized carbons (Fsp3) is 0.571. The molecule has 0 amide bonds. The van der Waals surface area contributed by atoms with Crippen LogP contribution in [-0.2, 0) is 0 Å². The first-order valence-corrected chi connectivity index (χ1v) is 6.19. The second-order valence-corrected chi connectivity index (χ2v) is 5.96. The predicted octanol–water partition coefficient (Wildman–Crippen LogP) is 3.15. The summed E-state index contributed by atoms with van der Waals surface area (Å²) >= 11 is 0. The molecule has 1 saturated carbocycles. The molecule has 1 fully saturated rings. The lowest BCUT2D eigenvalue weighted by molar-refractivity contribution is 0.351. The molecule has 0 spiro atoms. The van der Waals surface area contributed by atoms with E-state index in [4.69, 9.17) is 5.73 Å². The molecule has 1 unspecified atom stereocenters. The summed E-state index contributed by atoms with van der Waals surface area (Å²) in [6, 6.07) is 6.51. The number of nitrogens with two attached hydrogens (primary N) is 1. The SMILES string of the molecule is CC1(C)CCC(CN)(Nc2ccc(F)cc2)C1. The van der Waals surface area contributed by atoms with Crippen molar-refractivity contribution in [3.63, 3.8) is 0 Å². The van der Waals surface area contributed by atoms with Crippen LogP contribution in [0.3, 0.4) is 0 Å². The minimum Gasteiger partial charge on any atom is -0.378 e. The summed E-state index contributed by atoms with van der Waals surface area (Å²) < 4.78 is 12.8. The molecule has 3 N–H and O–H groups in total. The van der Waals surface area contributed by atoms with Crippen molar-refractivity contribution in [3.05, 3.63) is 30.1 Å². The zero-order chi connectivity index (χ0) is 12.5. The molecule has 1 atom stereocenters. The van der Waals surface area contributed by atoms with Gasteiger partial charge in [-0.05, 0) is 48.9 Å². The minimum atomic E-state index is -0.205. The molecule has 2 nitrogen and oxygen atoms in total. The van der Waals surface area contributed by atoms with Crippen LogP contribution in [0.4, 0.5) is 10.1 Å². The number of hydrogen-bond acceptors (Lipinski definition) is 2. The zero-order valence-corrected chi connectivity index (χ0v) is 10.6. The number of benzene rings is 1. The third-order valence-electron chi connectivity index (χ3n) is 3.74. The molecule has 0 radical (unpaired) electrons. The second-order valence-electron chi connectivity index (χ2n) is 5.96. The van der Waals surface area contributed by atoms with Gasteiger partial charge < -0.3 is 11.1 Å². The summed E-state index contributed by atoms with van der Waals surface area (Å²) in [7, 11) is 0. The quantitative estimate of drug-likeness (QED) is 0.846. The maximum atomic E-state index is 12.8. The molecule has 1 aromatic rings. The highest BCUT2D eigenvalue weighted by molar-refractivity contribution is 5.46. The Kier molecular flexibility index (Phi) is 3.13. The highest BCUT2D eigenvalue weighted by Gasteiger charge is 2.42. The Morgan fingerprint density at radius 1 is 1.24 bits per heavy atom. The summed E-state index contributed by atoms with van der Waals surface area (Å²) in [5, 5.41) is 3.50. The fourth-order valence-electron chi connectivity index (χ4n) is 2.84. The van der Waals surface area contributed by atoms with Crippen LogP contribution >= 0.6 is 0 Å². The largest absolute Gasteiger partial charge is 0.378 e. The molecular formula is C14H21FN2. The van der Waals surface area contributed by atoms with Crippen molar-refractivity contribution >= 4 is 5.69 Å². The Hall–Kier alpha value is -1.09. The lowest BCUT2D eigenvalue weighted by atomic mass is 9.87. The number of nitrogens with one attached hydrogen (secondary N) is 1. The predicted molar refractivity (Wildman–Crippen MR) is 69.4 cm³/mol. The first-order chi connectivity index (χ1) is 7.95. The van der Waals surface area contributed by atoms with Crippen LogP contribution < -0.4 is 11.1 Å². The van der Waals surface area contributed by atoms with E-state index in [-0.39, 0.29) is 11.4 Å². The summed E-state index contributed by atoms with van der Waals surface area (Å²) in [6.07, 6.45) is 3.32. The van der Waals surface area contributed by atoms with Crippen molar-refractivity contribution < 1.29 is 4.39 Å². The van der Waals surface area contributed by atoms with Gasteiger partial charge in [0.1, 0.15) is 5.82 Å². The Morgan fingerprint density at radius 3 is 2.35 bits per heavy atom. The Labute approximate surface area is 102 Å². The molecule has 0 aromatic heterocycles. The lowest BCUT2D eigenvalue weighted by Gasteiger charge is -2.32. The van der Waals surface area contributed by atoms with Crippen LogP contribution in [0, 0.1) is 11.2 Å². The number of rotatable bonds is 3. The van der Waals surface area contributed by atoms with E-state index in [1.165, 1.54) is 18.6 Å². The van der Waals surface area contributed by atoms with Gasteiger partial charge in [-0.3, -0.25) is 0 Å². The first kappa shape index (κ1) is 12.4. The van der Waals surface area contributed by atoms with E-state index in [0.717, 1.165) is 18.5 Å². The monoisotopic (exact) mass is 236 g/mol. The molecule has 2 rings (SSSR count). The first-order valence-electron chi connectivity index (χ1n) is 6.19.